The van der Waals surface area contributed by atoms with Crippen LogP contribution in [0.15, 0.2) is 46.9 Å². The van der Waals surface area contributed by atoms with Gasteiger partial charge in [-0.05, 0) is 35.9 Å². The van der Waals surface area contributed by atoms with Gasteiger partial charge in [-0.1, -0.05) is 28.1 Å². The third kappa shape index (κ3) is 4.60. The van der Waals surface area contributed by atoms with Crippen LogP contribution in [0.5, 0.6) is 5.75 Å². The van der Waals surface area contributed by atoms with Crippen LogP contribution in [0.3, 0.4) is 0 Å². The Morgan fingerprint density at radius 2 is 2.00 bits per heavy atom. The molecule has 0 fully saturated rings. The van der Waals surface area contributed by atoms with Gasteiger partial charge in [-0.3, -0.25) is 9.59 Å². The highest BCUT2D eigenvalue weighted by atomic mass is 79.9. The lowest BCUT2D eigenvalue weighted by atomic mass is 10.2. The first-order chi connectivity index (χ1) is 12.5. The molecule has 0 aliphatic carbocycles. The smallest absolute Gasteiger partial charge is 0.227 e. The molecule has 0 spiro atoms. The van der Waals surface area contributed by atoms with Gasteiger partial charge in [0.05, 0.1) is 12.2 Å². The van der Waals surface area contributed by atoms with Gasteiger partial charge in [-0.25, -0.2) is 4.39 Å². The van der Waals surface area contributed by atoms with E-state index in [0.717, 1.165) is 5.69 Å². The standard InChI is InChI=1S/C19H18BrFN2O3/c20-14-9-13(10-15(21)11-14)12-22-18(24)5-6-19(25)23-7-8-26-17-4-2-1-3-16(17)23/h1-4,9-11H,5-8,12H2,(H,22,24). The van der Waals surface area contributed by atoms with Crippen molar-refractivity contribution in [3.05, 3.63) is 58.3 Å². The second kappa shape index (κ2) is 8.31. The van der Waals surface area contributed by atoms with Crippen molar-refractivity contribution in [1.82, 2.24) is 5.32 Å². The molecule has 1 aliphatic rings. The van der Waals surface area contributed by atoms with Gasteiger partial charge in [0.15, 0.2) is 0 Å². The third-order valence-corrected chi connectivity index (χ3v) is 4.47. The van der Waals surface area contributed by atoms with E-state index in [2.05, 4.69) is 21.2 Å². The maximum atomic E-state index is 13.3. The van der Waals surface area contributed by atoms with E-state index in [9.17, 15) is 14.0 Å². The van der Waals surface area contributed by atoms with E-state index in [4.69, 9.17) is 4.74 Å². The minimum atomic E-state index is -0.371. The summed E-state index contributed by atoms with van der Waals surface area (Å²) in [5, 5.41) is 2.71. The molecule has 1 heterocycles. The van der Waals surface area contributed by atoms with Crippen molar-refractivity contribution >= 4 is 33.4 Å². The Balaban J connectivity index is 1.51. The molecule has 0 atom stereocenters. The summed E-state index contributed by atoms with van der Waals surface area (Å²) in [6.45, 7) is 1.11. The van der Waals surface area contributed by atoms with Crippen molar-refractivity contribution in [2.45, 2.75) is 19.4 Å². The fourth-order valence-corrected chi connectivity index (χ4v) is 3.30. The van der Waals surface area contributed by atoms with E-state index in [1.54, 1.807) is 11.0 Å². The predicted molar refractivity (Wildman–Crippen MR) is 99.5 cm³/mol. The van der Waals surface area contributed by atoms with Crippen molar-refractivity contribution < 1.29 is 18.7 Å². The maximum Gasteiger partial charge on any atom is 0.227 e. The SMILES string of the molecule is O=C(CCC(=O)N1CCOc2ccccc21)NCc1cc(F)cc(Br)c1. The Morgan fingerprint density at radius 1 is 1.19 bits per heavy atom. The van der Waals surface area contributed by atoms with Crippen molar-refractivity contribution in [1.29, 1.82) is 0 Å². The van der Waals surface area contributed by atoms with Gasteiger partial charge < -0.3 is 15.0 Å². The zero-order chi connectivity index (χ0) is 18.5. The normalized spacial score (nSPS) is 12.9. The number of nitrogens with one attached hydrogen (secondary N) is 1. The number of fused-ring (bicyclic) bond motifs is 1. The highest BCUT2D eigenvalue weighted by molar-refractivity contribution is 9.10. The fourth-order valence-electron chi connectivity index (χ4n) is 2.79. The third-order valence-electron chi connectivity index (χ3n) is 4.01. The number of nitrogens with zero attached hydrogens (tertiary/aromatic N) is 1. The number of carbonyl (C=O) groups is 2. The molecule has 26 heavy (non-hydrogen) atoms. The fraction of sp³-hybridized carbons (Fsp3) is 0.263. The number of amides is 2. The van der Waals surface area contributed by atoms with Crippen molar-refractivity contribution in [2.24, 2.45) is 0 Å². The van der Waals surface area contributed by atoms with Crippen LogP contribution in [0.2, 0.25) is 0 Å². The Labute approximate surface area is 159 Å². The van der Waals surface area contributed by atoms with Crippen molar-refractivity contribution in [3.63, 3.8) is 0 Å². The molecule has 1 aliphatic heterocycles. The highest BCUT2D eigenvalue weighted by Gasteiger charge is 2.23. The molecule has 0 unspecified atom stereocenters. The van der Waals surface area contributed by atoms with Crippen LogP contribution in [-0.2, 0) is 16.1 Å². The summed E-state index contributed by atoms with van der Waals surface area (Å²) in [4.78, 5) is 26.1. The minimum Gasteiger partial charge on any atom is -0.490 e. The monoisotopic (exact) mass is 420 g/mol. The van der Waals surface area contributed by atoms with Crippen LogP contribution < -0.4 is 15.0 Å². The molecule has 136 valence electrons. The van der Waals surface area contributed by atoms with Gasteiger partial charge in [-0.2, -0.15) is 0 Å². The average Bonchev–Trinajstić information content (AvgIpc) is 2.63. The summed E-state index contributed by atoms with van der Waals surface area (Å²) >= 11 is 3.21. The lowest BCUT2D eigenvalue weighted by Crippen LogP contribution is -2.38. The Kier molecular flexibility index (Phi) is 5.88. The number of anilines is 1. The first-order valence-electron chi connectivity index (χ1n) is 8.27. The number of para-hydroxylation sites is 2. The number of carbonyl (C=O) groups excluding carboxylic acids is 2. The van der Waals surface area contributed by atoms with E-state index in [0.29, 0.717) is 28.9 Å². The van der Waals surface area contributed by atoms with Gasteiger partial charge in [0.1, 0.15) is 18.2 Å². The lowest BCUT2D eigenvalue weighted by molar-refractivity contribution is -0.125. The molecule has 0 radical (unpaired) electrons. The molecule has 2 amide bonds. The molecule has 7 heteroatoms. The molecule has 0 aromatic heterocycles. The topological polar surface area (TPSA) is 58.6 Å². The summed E-state index contributed by atoms with van der Waals surface area (Å²) < 4.78 is 19.5. The zero-order valence-electron chi connectivity index (χ0n) is 14.0. The maximum absolute atomic E-state index is 13.3. The molecule has 0 saturated heterocycles. The van der Waals surface area contributed by atoms with Gasteiger partial charge in [0, 0.05) is 23.9 Å². The number of ether oxygens (including phenoxy) is 1. The Bertz CT molecular complexity index is 808. The van der Waals surface area contributed by atoms with Crippen LogP contribution in [0, 0.1) is 5.82 Å². The molecule has 5 nitrogen and oxygen atoms in total. The molecule has 3 rings (SSSR count). The van der Waals surface area contributed by atoms with Gasteiger partial charge >= 0.3 is 0 Å². The average molecular weight is 421 g/mol. The Hall–Kier alpha value is -2.41. The van der Waals surface area contributed by atoms with Crippen LogP contribution in [0.1, 0.15) is 18.4 Å². The lowest BCUT2D eigenvalue weighted by Gasteiger charge is -2.29. The summed E-state index contributed by atoms with van der Waals surface area (Å²) in [6, 6.07) is 11.8. The second-order valence-electron chi connectivity index (χ2n) is 5.92. The van der Waals surface area contributed by atoms with Crippen LogP contribution in [0.25, 0.3) is 0 Å². The van der Waals surface area contributed by atoms with E-state index in [-0.39, 0.29) is 37.0 Å². The second-order valence-corrected chi connectivity index (χ2v) is 6.83. The molecule has 2 aromatic rings. The van der Waals surface area contributed by atoms with Crippen LogP contribution in [0.4, 0.5) is 10.1 Å². The molecule has 0 saturated carbocycles. The van der Waals surface area contributed by atoms with Gasteiger partial charge in [0.2, 0.25) is 11.8 Å². The molecule has 2 aromatic carbocycles. The van der Waals surface area contributed by atoms with Crippen LogP contribution >= 0.6 is 15.9 Å². The van der Waals surface area contributed by atoms with E-state index < -0.39 is 0 Å². The number of halogens is 2. The van der Waals surface area contributed by atoms with Crippen molar-refractivity contribution in [2.75, 3.05) is 18.1 Å². The molecule has 0 bridgehead atoms. The summed E-state index contributed by atoms with van der Waals surface area (Å²) in [7, 11) is 0. The summed E-state index contributed by atoms with van der Waals surface area (Å²) in [5.41, 5.74) is 1.38. The highest BCUT2D eigenvalue weighted by Crippen LogP contribution is 2.31. The quantitative estimate of drug-likeness (QED) is 0.805. The van der Waals surface area contributed by atoms with E-state index in [1.807, 2.05) is 24.3 Å². The Morgan fingerprint density at radius 3 is 2.81 bits per heavy atom. The number of benzene rings is 2. The zero-order valence-corrected chi connectivity index (χ0v) is 15.6. The van der Waals surface area contributed by atoms with E-state index >= 15 is 0 Å². The molecular formula is C19H18BrFN2O3. The first-order valence-corrected chi connectivity index (χ1v) is 9.06. The summed E-state index contributed by atoms with van der Waals surface area (Å²) in [5.74, 6) is -0.0669. The van der Waals surface area contributed by atoms with Crippen LogP contribution in [-0.4, -0.2) is 25.0 Å². The van der Waals surface area contributed by atoms with E-state index in [1.165, 1.54) is 12.1 Å². The van der Waals surface area contributed by atoms with Gasteiger partial charge in [0.25, 0.3) is 0 Å². The first kappa shape index (κ1) is 18.4. The molecule has 1 N–H and O–H groups in total. The predicted octanol–water partition coefficient (Wildman–Crippen LogP) is 3.41. The number of hydrogen-bond acceptors (Lipinski definition) is 3. The number of rotatable bonds is 5. The minimum absolute atomic E-state index is 0.0782. The molecular weight excluding hydrogens is 403 g/mol. The van der Waals surface area contributed by atoms with Crippen molar-refractivity contribution in [3.8, 4) is 5.75 Å². The largest absolute Gasteiger partial charge is 0.490 e. The number of hydrogen-bond donors (Lipinski definition) is 1. The van der Waals surface area contributed by atoms with Gasteiger partial charge in [-0.15, -0.1) is 0 Å². The summed E-state index contributed by atoms with van der Waals surface area (Å²) in [6.07, 6.45) is 0.182.